The van der Waals surface area contributed by atoms with Gasteiger partial charge in [-0.25, -0.2) is 0 Å². The van der Waals surface area contributed by atoms with Crippen molar-refractivity contribution in [3.05, 3.63) is 90.0 Å². The van der Waals surface area contributed by atoms with Crippen molar-refractivity contribution in [1.82, 2.24) is 5.32 Å². The van der Waals surface area contributed by atoms with Gasteiger partial charge in [0.2, 0.25) is 0 Å². The Kier molecular flexibility index (Phi) is 6.23. The van der Waals surface area contributed by atoms with Crippen LogP contribution in [0.5, 0.6) is 5.75 Å². The number of methoxy groups -OCH3 is 1. The van der Waals surface area contributed by atoms with Gasteiger partial charge >= 0.3 is 5.97 Å². The summed E-state index contributed by atoms with van der Waals surface area (Å²) in [5.74, 6) is -0.0123. The third kappa shape index (κ3) is 4.96. The van der Waals surface area contributed by atoms with Crippen LogP contribution in [0.4, 0.5) is 0 Å². The standard InChI is InChI=1S/C23H23NO3/c1-27-22-10-6-5-9-20(22)19-13-11-18(12-14-19)16-24-21(23(25)26)15-17-7-3-2-4-8-17/h2-14,21,24H,15-16H2,1H3,(H,25,26). The monoisotopic (exact) mass is 361 g/mol. The maximum atomic E-state index is 11.6. The third-order valence-electron chi connectivity index (χ3n) is 4.51. The number of ether oxygens (including phenoxy) is 1. The van der Waals surface area contributed by atoms with Crippen molar-refractivity contribution >= 4 is 5.97 Å². The summed E-state index contributed by atoms with van der Waals surface area (Å²) in [6.07, 6.45) is 0.454. The Labute approximate surface area is 159 Å². The molecule has 0 heterocycles. The van der Waals surface area contributed by atoms with Crippen LogP contribution in [0.2, 0.25) is 0 Å². The third-order valence-corrected chi connectivity index (χ3v) is 4.51. The second kappa shape index (κ2) is 9.01. The topological polar surface area (TPSA) is 58.6 Å². The zero-order valence-corrected chi connectivity index (χ0v) is 15.3. The SMILES string of the molecule is COc1ccccc1-c1ccc(CNC(Cc2ccccc2)C(=O)O)cc1. The van der Waals surface area contributed by atoms with Crippen LogP contribution in [-0.2, 0) is 17.8 Å². The second-order valence-electron chi connectivity index (χ2n) is 6.36. The largest absolute Gasteiger partial charge is 0.496 e. The summed E-state index contributed by atoms with van der Waals surface area (Å²) in [6.45, 7) is 0.496. The first-order valence-corrected chi connectivity index (χ1v) is 8.90. The van der Waals surface area contributed by atoms with Gasteiger partial charge in [-0.1, -0.05) is 72.8 Å². The lowest BCUT2D eigenvalue weighted by molar-refractivity contribution is -0.139. The highest BCUT2D eigenvalue weighted by molar-refractivity contribution is 5.74. The van der Waals surface area contributed by atoms with Crippen molar-refractivity contribution in [2.45, 2.75) is 19.0 Å². The van der Waals surface area contributed by atoms with Crippen molar-refractivity contribution in [3.63, 3.8) is 0 Å². The number of nitrogens with one attached hydrogen (secondary N) is 1. The smallest absolute Gasteiger partial charge is 0.321 e. The number of hydrogen-bond donors (Lipinski definition) is 2. The van der Waals surface area contributed by atoms with Gasteiger partial charge in [-0.15, -0.1) is 0 Å². The Bertz CT molecular complexity index is 876. The molecule has 1 atom stereocenters. The lowest BCUT2D eigenvalue weighted by atomic mass is 10.0. The first kappa shape index (κ1) is 18.7. The van der Waals surface area contributed by atoms with Crippen molar-refractivity contribution in [2.75, 3.05) is 7.11 Å². The number of aliphatic carboxylic acids is 1. The fourth-order valence-electron chi connectivity index (χ4n) is 3.02. The van der Waals surface area contributed by atoms with Gasteiger partial charge in [-0.05, 0) is 29.2 Å². The lowest BCUT2D eigenvalue weighted by Gasteiger charge is -2.15. The van der Waals surface area contributed by atoms with E-state index in [1.807, 2.05) is 78.9 Å². The van der Waals surface area contributed by atoms with Gasteiger partial charge in [0.1, 0.15) is 11.8 Å². The molecule has 0 aliphatic heterocycles. The molecule has 0 aliphatic rings. The van der Waals surface area contributed by atoms with Crippen molar-refractivity contribution in [3.8, 4) is 16.9 Å². The number of rotatable bonds is 8. The van der Waals surface area contributed by atoms with Crippen LogP contribution in [-0.4, -0.2) is 24.2 Å². The van der Waals surface area contributed by atoms with Crippen LogP contribution < -0.4 is 10.1 Å². The number of hydrogen-bond acceptors (Lipinski definition) is 3. The molecule has 4 nitrogen and oxygen atoms in total. The molecule has 0 radical (unpaired) electrons. The van der Waals surface area contributed by atoms with E-state index in [-0.39, 0.29) is 0 Å². The van der Waals surface area contributed by atoms with Crippen LogP contribution >= 0.6 is 0 Å². The molecule has 0 saturated carbocycles. The molecule has 3 aromatic rings. The first-order chi connectivity index (χ1) is 13.2. The molecule has 3 aromatic carbocycles. The van der Waals surface area contributed by atoms with E-state index in [4.69, 9.17) is 4.74 Å². The Balaban J connectivity index is 1.66. The Morgan fingerprint density at radius 2 is 1.59 bits per heavy atom. The summed E-state index contributed by atoms with van der Waals surface area (Å²) in [4.78, 5) is 11.6. The molecule has 0 amide bonds. The number of benzene rings is 3. The van der Waals surface area contributed by atoms with Gasteiger partial charge in [0.15, 0.2) is 0 Å². The molecule has 0 fully saturated rings. The Morgan fingerprint density at radius 3 is 2.26 bits per heavy atom. The fraction of sp³-hybridized carbons (Fsp3) is 0.174. The average molecular weight is 361 g/mol. The van der Waals surface area contributed by atoms with E-state index in [9.17, 15) is 9.90 Å². The maximum absolute atomic E-state index is 11.6. The molecule has 4 heteroatoms. The number of carboxylic acids is 1. The predicted molar refractivity (Wildman–Crippen MR) is 107 cm³/mol. The van der Waals surface area contributed by atoms with Crippen LogP contribution in [0.3, 0.4) is 0 Å². The minimum Gasteiger partial charge on any atom is -0.496 e. The van der Waals surface area contributed by atoms with Crippen molar-refractivity contribution in [1.29, 1.82) is 0 Å². The Hall–Kier alpha value is -3.11. The average Bonchev–Trinajstić information content (AvgIpc) is 2.72. The van der Waals surface area contributed by atoms with Crippen molar-refractivity contribution in [2.24, 2.45) is 0 Å². The van der Waals surface area contributed by atoms with Gasteiger partial charge in [-0.3, -0.25) is 4.79 Å². The summed E-state index contributed by atoms with van der Waals surface area (Å²) in [5.41, 5.74) is 4.14. The molecule has 0 aliphatic carbocycles. The minimum absolute atomic E-state index is 0.454. The van der Waals surface area contributed by atoms with E-state index in [1.54, 1.807) is 7.11 Å². The van der Waals surface area contributed by atoms with Gasteiger partial charge < -0.3 is 15.2 Å². The second-order valence-corrected chi connectivity index (χ2v) is 6.36. The molecule has 138 valence electrons. The molecule has 0 spiro atoms. The predicted octanol–water partition coefficient (Wildman–Crippen LogP) is 4.15. The van der Waals surface area contributed by atoms with E-state index in [1.165, 1.54) is 0 Å². The van der Waals surface area contributed by atoms with E-state index in [0.29, 0.717) is 13.0 Å². The van der Waals surface area contributed by atoms with E-state index in [2.05, 4.69) is 5.32 Å². The van der Waals surface area contributed by atoms with E-state index < -0.39 is 12.0 Å². The zero-order chi connectivity index (χ0) is 19.1. The number of carbonyl (C=O) groups is 1. The summed E-state index contributed by atoms with van der Waals surface area (Å²) in [5, 5.41) is 12.6. The maximum Gasteiger partial charge on any atom is 0.321 e. The molecule has 27 heavy (non-hydrogen) atoms. The van der Waals surface area contributed by atoms with Crippen LogP contribution in [0.1, 0.15) is 11.1 Å². The quantitative estimate of drug-likeness (QED) is 0.633. The summed E-state index contributed by atoms with van der Waals surface area (Å²) in [7, 11) is 1.66. The van der Waals surface area contributed by atoms with Crippen LogP contribution in [0.15, 0.2) is 78.9 Å². The molecule has 2 N–H and O–H groups in total. The number of para-hydroxylation sites is 1. The normalized spacial score (nSPS) is 11.7. The summed E-state index contributed by atoms with van der Waals surface area (Å²) >= 11 is 0. The highest BCUT2D eigenvalue weighted by atomic mass is 16.5. The van der Waals surface area contributed by atoms with E-state index >= 15 is 0 Å². The van der Waals surface area contributed by atoms with Gasteiger partial charge in [-0.2, -0.15) is 0 Å². The Morgan fingerprint density at radius 1 is 0.926 bits per heavy atom. The van der Waals surface area contributed by atoms with Crippen LogP contribution in [0, 0.1) is 0 Å². The summed E-state index contributed by atoms with van der Waals surface area (Å²) < 4.78 is 5.41. The molecule has 3 rings (SSSR count). The van der Waals surface area contributed by atoms with Gasteiger partial charge in [0.25, 0.3) is 0 Å². The molecular formula is C23H23NO3. The minimum atomic E-state index is -0.843. The van der Waals surface area contributed by atoms with E-state index in [0.717, 1.165) is 28.0 Å². The fourth-order valence-corrected chi connectivity index (χ4v) is 3.02. The molecular weight excluding hydrogens is 338 g/mol. The van der Waals surface area contributed by atoms with Crippen LogP contribution in [0.25, 0.3) is 11.1 Å². The molecule has 0 aromatic heterocycles. The first-order valence-electron chi connectivity index (χ1n) is 8.90. The molecule has 0 bridgehead atoms. The highest BCUT2D eigenvalue weighted by Gasteiger charge is 2.17. The lowest BCUT2D eigenvalue weighted by Crippen LogP contribution is -2.38. The molecule has 0 saturated heterocycles. The van der Waals surface area contributed by atoms with Gasteiger partial charge in [0, 0.05) is 12.1 Å². The highest BCUT2D eigenvalue weighted by Crippen LogP contribution is 2.29. The molecule has 1 unspecified atom stereocenters. The number of carboxylic acid groups (broad SMARTS) is 1. The van der Waals surface area contributed by atoms with Crippen molar-refractivity contribution < 1.29 is 14.6 Å². The van der Waals surface area contributed by atoms with Gasteiger partial charge in [0.05, 0.1) is 7.11 Å². The zero-order valence-electron chi connectivity index (χ0n) is 15.3. The summed E-state index contributed by atoms with van der Waals surface area (Å²) in [6, 6.07) is 25.0.